The van der Waals surface area contributed by atoms with Crippen LogP contribution in [0.2, 0.25) is 0 Å². The zero-order chi connectivity index (χ0) is 10.5. The molecule has 0 spiro atoms. The molecular formula is C7H13NO2. The molecule has 58 valence electrons. The summed E-state index contributed by atoms with van der Waals surface area (Å²) in [6.07, 6.45) is 1.16. The lowest BCUT2D eigenvalue weighted by atomic mass is 10.2. The van der Waals surface area contributed by atoms with Gasteiger partial charge in [-0.3, -0.25) is 4.79 Å². The number of oxime groups is 1. The predicted octanol–water partition coefficient (Wildman–Crippen LogP) is 1.38. The summed E-state index contributed by atoms with van der Waals surface area (Å²) in [4.78, 5) is 15.0. The third-order valence-electron chi connectivity index (χ3n) is 1.05. The second kappa shape index (κ2) is 4.97. The zero-order valence-electron chi connectivity index (χ0n) is 9.18. The minimum absolute atomic E-state index is 0.165. The molecule has 0 bridgehead atoms. The van der Waals surface area contributed by atoms with E-state index in [-0.39, 0.29) is 11.5 Å². The minimum atomic E-state index is -2.57. The van der Waals surface area contributed by atoms with Gasteiger partial charge in [-0.2, -0.15) is 0 Å². The van der Waals surface area contributed by atoms with Gasteiger partial charge in [0.1, 0.15) is 12.7 Å². The van der Waals surface area contributed by atoms with Gasteiger partial charge in [0, 0.05) is 6.92 Å². The second-order valence-corrected chi connectivity index (χ2v) is 1.94. The van der Waals surface area contributed by atoms with Crippen molar-refractivity contribution >= 4 is 11.5 Å². The molecule has 0 aromatic carbocycles. The fraction of sp³-hybridized carbons (Fsp3) is 0.714. The van der Waals surface area contributed by atoms with E-state index >= 15 is 0 Å². The molecule has 0 aliphatic rings. The highest BCUT2D eigenvalue weighted by atomic mass is 16.6. The first-order valence-electron chi connectivity index (χ1n) is 4.63. The molecule has 0 unspecified atom stereocenters. The maximum Gasteiger partial charge on any atom is 0.177 e. The van der Waals surface area contributed by atoms with E-state index in [1.165, 1.54) is 6.92 Å². The van der Waals surface area contributed by atoms with Crippen LogP contribution < -0.4 is 0 Å². The SMILES string of the molecule is [2H]C([2H])([2H])O/N=C(/CCC)C(C)=O. The van der Waals surface area contributed by atoms with Crippen molar-refractivity contribution in [3.05, 3.63) is 0 Å². The van der Waals surface area contributed by atoms with Crippen LogP contribution in [0, 0.1) is 0 Å². The van der Waals surface area contributed by atoms with Crippen LogP contribution in [0.1, 0.15) is 30.8 Å². The molecule has 0 heterocycles. The van der Waals surface area contributed by atoms with Crippen LogP contribution >= 0.6 is 0 Å². The van der Waals surface area contributed by atoms with Crippen molar-refractivity contribution in [3.63, 3.8) is 0 Å². The number of rotatable bonds is 4. The van der Waals surface area contributed by atoms with Gasteiger partial charge in [0.15, 0.2) is 5.78 Å². The van der Waals surface area contributed by atoms with Crippen LogP contribution in [0.4, 0.5) is 0 Å². The highest BCUT2D eigenvalue weighted by Crippen LogP contribution is 1.93. The van der Waals surface area contributed by atoms with E-state index in [1.54, 1.807) is 0 Å². The highest BCUT2D eigenvalue weighted by Gasteiger charge is 2.03. The third kappa shape index (κ3) is 3.22. The molecule has 0 saturated heterocycles. The van der Waals surface area contributed by atoms with Gasteiger partial charge in [0.05, 0.1) is 4.11 Å². The molecule has 0 aliphatic heterocycles. The third-order valence-corrected chi connectivity index (χ3v) is 1.05. The average molecular weight is 146 g/mol. The van der Waals surface area contributed by atoms with E-state index in [2.05, 4.69) is 9.99 Å². The molecule has 0 atom stereocenters. The number of carbonyl (C=O) groups excluding carboxylic acids is 1. The Morgan fingerprint density at radius 2 is 2.50 bits per heavy atom. The Bertz CT molecular complexity index is 210. The Kier molecular flexibility index (Phi) is 2.42. The number of hydrogen-bond donors (Lipinski definition) is 0. The van der Waals surface area contributed by atoms with Crippen LogP contribution in [0.5, 0.6) is 0 Å². The molecule has 0 rings (SSSR count). The van der Waals surface area contributed by atoms with Gasteiger partial charge >= 0.3 is 0 Å². The number of Topliss-reactive ketones (excluding diaryl/α,β-unsaturated/α-hetero) is 1. The van der Waals surface area contributed by atoms with Crippen LogP contribution in [0.25, 0.3) is 0 Å². The predicted molar refractivity (Wildman–Crippen MR) is 40.0 cm³/mol. The first-order valence-corrected chi connectivity index (χ1v) is 3.13. The summed E-state index contributed by atoms with van der Waals surface area (Å²) >= 11 is 0. The van der Waals surface area contributed by atoms with Crippen molar-refractivity contribution in [3.8, 4) is 0 Å². The largest absolute Gasteiger partial charge is 0.399 e. The van der Waals surface area contributed by atoms with Gasteiger partial charge in [0.25, 0.3) is 0 Å². The van der Waals surface area contributed by atoms with E-state index < -0.39 is 7.04 Å². The maximum absolute atomic E-state index is 10.9. The van der Waals surface area contributed by atoms with Crippen molar-refractivity contribution in [1.82, 2.24) is 0 Å². The fourth-order valence-corrected chi connectivity index (χ4v) is 0.578. The highest BCUT2D eigenvalue weighted by molar-refractivity contribution is 6.38. The van der Waals surface area contributed by atoms with Crippen molar-refractivity contribution in [1.29, 1.82) is 0 Å². The summed E-state index contributed by atoms with van der Waals surface area (Å²) in [5.41, 5.74) is 0.165. The smallest absolute Gasteiger partial charge is 0.177 e. The lowest BCUT2D eigenvalue weighted by molar-refractivity contribution is -0.111. The monoisotopic (exact) mass is 146 g/mol. The van der Waals surface area contributed by atoms with Crippen molar-refractivity contribution in [2.24, 2.45) is 5.16 Å². The summed E-state index contributed by atoms with van der Waals surface area (Å²) < 4.78 is 20.1. The van der Waals surface area contributed by atoms with Gasteiger partial charge in [-0.15, -0.1) is 0 Å². The first-order chi connectivity index (χ1) is 5.87. The molecule has 0 N–H and O–H groups in total. The van der Waals surface area contributed by atoms with E-state index in [0.29, 0.717) is 6.42 Å². The van der Waals surface area contributed by atoms with Gasteiger partial charge in [0.2, 0.25) is 0 Å². The van der Waals surface area contributed by atoms with Crippen LogP contribution in [0.3, 0.4) is 0 Å². The summed E-state index contributed by atoms with van der Waals surface area (Å²) in [6, 6.07) is 0. The molecule has 0 fully saturated rings. The standard InChI is InChI=1S/C7H13NO2/c1-4-5-7(6(2)9)8-10-3/h4-5H2,1-3H3/b8-7-/i3D3. The Labute approximate surface area is 65.3 Å². The molecule has 10 heavy (non-hydrogen) atoms. The van der Waals surface area contributed by atoms with Gasteiger partial charge in [-0.1, -0.05) is 18.5 Å². The summed E-state index contributed by atoms with van der Waals surface area (Å²) in [6.45, 7) is 3.20. The number of nitrogens with zero attached hydrogens (tertiary/aromatic N) is 1. The van der Waals surface area contributed by atoms with E-state index in [1.807, 2.05) is 6.92 Å². The first kappa shape index (κ1) is 4.88. The number of ketones is 1. The van der Waals surface area contributed by atoms with Crippen LogP contribution in [-0.2, 0) is 9.63 Å². The lowest BCUT2D eigenvalue weighted by Crippen LogP contribution is -2.09. The molecule has 0 aliphatic carbocycles. The Morgan fingerprint density at radius 1 is 1.80 bits per heavy atom. The second-order valence-electron chi connectivity index (χ2n) is 1.94. The fourth-order valence-electron chi connectivity index (χ4n) is 0.578. The van der Waals surface area contributed by atoms with Crippen LogP contribution in [0.15, 0.2) is 5.16 Å². The van der Waals surface area contributed by atoms with Crippen molar-refractivity contribution in [2.45, 2.75) is 26.7 Å². The normalized spacial score (nSPS) is 17.0. The molecule has 3 heteroatoms. The Hall–Kier alpha value is -0.860. The van der Waals surface area contributed by atoms with Gasteiger partial charge < -0.3 is 4.84 Å². The lowest BCUT2D eigenvalue weighted by Gasteiger charge is -1.96. The van der Waals surface area contributed by atoms with E-state index in [9.17, 15) is 4.79 Å². The summed E-state index contributed by atoms with van der Waals surface area (Å²) in [7, 11) is -2.57. The van der Waals surface area contributed by atoms with Crippen molar-refractivity contribution in [2.75, 3.05) is 7.04 Å². The molecule has 0 saturated carbocycles. The zero-order valence-corrected chi connectivity index (χ0v) is 6.18. The quantitative estimate of drug-likeness (QED) is 0.444. The molecule has 0 amide bonds. The molecule has 0 aromatic heterocycles. The maximum atomic E-state index is 10.9. The van der Waals surface area contributed by atoms with Gasteiger partial charge in [-0.05, 0) is 6.42 Å². The average Bonchev–Trinajstić information content (AvgIpc) is 1.95. The Balaban J connectivity index is 4.28. The van der Waals surface area contributed by atoms with E-state index in [4.69, 9.17) is 4.11 Å². The minimum Gasteiger partial charge on any atom is -0.399 e. The summed E-state index contributed by atoms with van der Waals surface area (Å²) in [5.74, 6) is -0.258. The van der Waals surface area contributed by atoms with E-state index in [0.717, 1.165) is 6.42 Å². The number of hydrogen-bond acceptors (Lipinski definition) is 3. The summed E-state index contributed by atoms with van der Waals surface area (Å²) in [5, 5.41) is 3.29. The van der Waals surface area contributed by atoms with Crippen molar-refractivity contribution < 1.29 is 13.7 Å². The molecule has 0 radical (unpaired) electrons. The number of carbonyl (C=O) groups is 1. The molecule has 3 nitrogen and oxygen atoms in total. The van der Waals surface area contributed by atoms with Crippen LogP contribution in [-0.4, -0.2) is 18.5 Å². The van der Waals surface area contributed by atoms with Gasteiger partial charge in [-0.25, -0.2) is 0 Å². The Morgan fingerprint density at radius 3 is 2.90 bits per heavy atom. The molecular weight excluding hydrogens is 130 g/mol. The topological polar surface area (TPSA) is 38.7 Å². The molecule has 0 aromatic rings.